The molecule has 2 saturated heterocycles. The number of nitrogens with zero attached hydrogens (tertiary/aromatic N) is 4. The fourth-order valence-electron chi connectivity index (χ4n) is 6.83. The molecule has 6 rings (SSSR count). The second-order valence-electron chi connectivity index (χ2n) is 11.7. The normalized spacial score (nSPS) is 22.5. The number of aryl methyl sites for hydroxylation is 1. The van der Waals surface area contributed by atoms with E-state index in [2.05, 4.69) is 71.6 Å². The minimum Gasteiger partial charge on any atom is -0.370 e. The summed E-state index contributed by atoms with van der Waals surface area (Å²) in [5, 5.41) is 6.14. The molecule has 42 heavy (non-hydrogen) atoms. The molecule has 2 fully saturated rings. The van der Waals surface area contributed by atoms with Crippen molar-refractivity contribution in [2.24, 2.45) is 11.8 Å². The van der Waals surface area contributed by atoms with Gasteiger partial charge in [0, 0.05) is 41.4 Å². The van der Waals surface area contributed by atoms with Crippen LogP contribution in [-0.4, -0.2) is 27.8 Å². The molecule has 0 spiro atoms. The maximum absolute atomic E-state index is 7.03. The first-order valence-corrected chi connectivity index (χ1v) is 15.9. The number of aromatic nitrogens is 2. The van der Waals surface area contributed by atoms with Crippen LogP contribution in [0, 0.1) is 25.7 Å². The average Bonchev–Trinajstić information content (AvgIpc) is 3.43. The number of benzene rings is 2. The van der Waals surface area contributed by atoms with Crippen molar-refractivity contribution in [3.8, 4) is 5.69 Å². The Labute approximate surface area is 268 Å². The Hall–Kier alpha value is -2.77. The lowest BCUT2D eigenvalue weighted by Crippen LogP contribution is -2.38. The zero-order valence-electron chi connectivity index (χ0n) is 24.1. The second-order valence-corrected chi connectivity index (χ2v) is 13.4. The number of rotatable bonds is 5. The van der Waals surface area contributed by atoms with Gasteiger partial charge >= 0.3 is 0 Å². The van der Waals surface area contributed by atoms with Crippen molar-refractivity contribution in [1.29, 1.82) is 0 Å². The van der Waals surface area contributed by atoms with Gasteiger partial charge in [0.15, 0.2) is 5.11 Å². The van der Waals surface area contributed by atoms with Crippen LogP contribution < -0.4 is 15.1 Å². The molecule has 2 aromatic heterocycles. The SMILES string of the molecule is Cc1cc([C@@H]2[C@H](c3ccccn3)NC(=S)N2c2ccc(N3C[C@H](C)C[C@H](C)C3)c(Cl)c2)c(C)n1-c1ccc(Cl)cc1Cl. The minimum absolute atomic E-state index is 0.171. The minimum atomic E-state index is -0.171. The first kappa shape index (κ1) is 29.3. The summed E-state index contributed by atoms with van der Waals surface area (Å²) in [6.07, 6.45) is 3.07. The predicted molar refractivity (Wildman–Crippen MR) is 180 cm³/mol. The molecule has 1 N–H and O–H groups in total. The predicted octanol–water partition coefficient (Wildman–Crippen LogP) is 9.11. The summed E-state index contributed by atoms with van der Waals surface area (Å²) >= 11 is 26.0. The van der Waals surface area contributed by atoms with Crippen LogP contribution in [0.3, 0.4) is 0 Å². The molecule has 2 aliphatic heterocycles. The summed E-state index contributed by atoms with van der Waals surface area (Å²) in [6.45, 7) is 10.9. The Kier molecular flexibility index (Phi) is 8.18. The standard InChI is InChI=1S/C33H34Cl3N5S/c1-19-13-20(2)18-39(17-19)29-11-9-24(16-27(29)36)41-32(31(38-33(41)42)28-7-5-6-12-37-28)25-14-21(3)40(22(25)4)30-10-8-23(34)15-26(30)35/h5-12,14-16,19-20,31-32H,13,17-18H2,1-4H3,(H,38,42)/t19-,20+,31-,32+/m0/s1. The van der Waals surface area contributed by atoms with E-state index in [4.69, 9.17) is 52.0 Å². The summed E-state index contributed by atoms with van der Waals surface area (Å²) in [5.41, 5.74) is 7.07. The van der Waals surface area contributed by atoms with Crippen molar-refractivity contribution in [3.05, 3.63) is 105 Å². The van der Waals surface area contributed by atoms with Crippen LogP contribution in [0.2, 0.25) is 15.1 Å². The number of piperidine rings is 1. The molecule has 0 radical (unpaired) electrons. The second kappa shape index (κ2) is 11.7. The number of nitrogens with one attached hydrogen (secondary N) is 1. The highest BCUT2D eigenvalue weighted by Crippen LogP contribution is 2.45. The van der Waals surface area contributed by atoms with Crippen molar-refractivity contribution in [2.75, 3.05) is 22.9 Å². The first-order chi connectivity index (χ1) is 20.1. The highest BCUT2D eigenvalue weighted by molar-refractivity contribution is 7.80. The maximum Gasteiger partial charge on any atom is 0.174 e. The average molecular weight is 639 g/mol. The van der Waals surface area contributed by atoms with Gasteiger partial charge in [-0.25, -0.2) is 0 Å². The third kappa shape index (κ3) is 5.39. The molecule has 9 heteroatoms. The van der Waals surface area contributed by atoms with E-state index in [9.17, 15) is 0 Å². The lowest BCUT2D eigenvalue weighted by Gasteiger charge is -2.37. The molecule has 4 aromatic rings. The number of anilines is 2. The molecule has 5 nitrogen and oxygen atoms in total. The van der Waals surface area contributed by atoms with E-state index in [1.807, 2.05) is 36.5 Å². The number of halogens is 3. The Balaban J connectivity index is 1.45. The summed E-state index contributed by atoms with van der Waals surface area (Å²) < 4.78 is 2.18. The monoisotopic (exact) mass is 637 g/mol. The molecular formula is C33H34Cl3N5S. The highest BCUT2D eigenvalue weighted by atomic mass is 35.5. The van der Waals surface area contributed by atoms with Crippen LogP contribution in [-0.2, 0) is 0 Å². The van der Waals surface area contributed by atoms with Crippen LogP contribution in [0.15, 0.2) is 66.9 Å². The summed E-state index contributed by atoms with van der Waals surface area (Å²) in [6, 6.07) is 19.8. The molecule has 218 valence electrons. The third-order valence-electron chi connectivity index (χ3n) is 8.46. The van der Waals surface area contributed by atoms with Gasteiger partial charge in [-0.1, -0.05) is 54.7 Å². The van der Waals surface area contributed by atoms with Gasteiger partial charge in [-0.05, 0) is 104 Å². The Morgan fingerprint density at radius 3 is 2.26 bits per heavy atom. The number of hydrogen-bond donors (Lipinski definition) is 1. The van der Waals surface area contributed by atoms with Gasteiger partial charge in [0.25, 0.3) is 0 Å². The molecule has 0 saturated carbocycles. The summed E-state index contributed by atoms with van der Waals surface area (Å²) in [7, 11) is 0. The van der Waals surface area contributed by atoms with Crippen molar-refractivity contribution in [2.45, 2.75) is 46.2 Å². The van der Waals surface area contributed by atoms with Gasteiger partial charge in [-0.15, -0.1) is 0 Å². The molecular weight excluding hydrogens is 605 g/mol. The summed E-state index contributed by atoms with van der Waals surface area (Å²) in [4.78, 5) is 9.32. The Bertz CT molecular complexity index is 1630. The Morgan fingerprint density at radius 2 is 1.60 bits per heavy atom. The van der Waals surface area contributed by atoms with Gasteiger partial charge in [0.05, 0.1) is 39.2 Å². The molecule has 2 aliphatic rings. The Morgan fingerprint density at radius 1 is 0.881 bits per heavy atom. The molecule has 0 aliphatic carbocycles. The smallest absolute Gasteiger partial charge is 0.174 e. The zero-order valence-corrected chi connectivity index (χ0v) is 27.2. The summed E-state index contributed by atoms with van der Waals surface area (Å²) in [5.74, 6) is 1.26. The van der Waals surface area contributed by atoms with E-state index in [1.165, 1.54) is 6.42 Å². The van der Waals surface area contributed by atoms with Crippen molar-refractivity contribution < 1.29 is 0 Å². The fraction of sp³-hybridized carbons (Fsp3) is 0.333. The van der Waals surface area contributed by atoms with Crippen LogP contribution >= 0.6 is 47.0 Å². The first-order valence-electron chi connectivity index (χ1n) is 14.3. The van der Waals surface area contributed by atoms with Crippen LogP contribution in [0.25, 0.3) is 5.69 Å². The number of pyridine rings is 1. The van der Waals surface area contributed by atoms with Crippen LogP contribution in [0.1, 0.15) is 55.0 Å². The zero-order chi connectivity index (χ0) is 29.7. The van der Waals surface area contributed by atoms with Crippen molar-refractivity contribution in [3.63, 3.8) is 0 Å². The lowest BCUT2D eigenvalue weighted by atomic mass is 9.91. The lowest BCUT2D eigenvalue weighted by molar-refractivity contribution is 0.357. The van der Waals surface area contributed by atoms with Gasteiger partial charge < -0.3 is 19.7 Å². The van der Waals surface area contributed by atoms with Crippen LogP contribution in [0.5, 0.6) is 0 Å². The van der Waals surface area contributed by atoms with E-state index in [1.54, 1.807) is 6.07 Å². The van der Waals surface area contributed by atoms with Crippen LogP contribution in [0.4, 0.5) is 11.4 Å². The van der Waals surface area contributed by atoms with Gasteiger partial charge in [-0.2, -0.15) is 0 Å². The van der Waals surface area contributed by atoms with E-state index >= 15 is 0 Å². The number of hydrogen-bond acceptors (Lipinski definition) is 3. The van der Waals surface area contributed by atoms with Gasteiger partial charge in [0.1, 0.15) is 0 Å². The topological polar surface area (TPSA) is 36.3 Å². The molecule has 0 unspecified atom stereocenters. The van der Waals surface area contributed by atoms with Crippen molar-refractivity contribution >= 4 is 63.5 Å². The van der Waals surface area contributed by atoms with Gasteiger partial charge in [0.2, 0.25) is 0 Å². The van der Waals surface area contributed by atoms with E-state index < -0.39 is 0 Å². The largest absolute Gasteiger partial charge is 0.370 e. The maximum atomic E-state index is 7.03. The fourth-order valence-corrected chi connectivity index (χ4v) is 7.96. The van der Waals surface area contributed by atoms with E-state index in [0.717, 1.165) is 57.8 Å². The van der Waals surface area contributed by atoms with E-state index in [0.29, 0.717) is 27.0 Å². The molecule has 4 heterocycles. The molecule has 0 amide bonds. The highest BCUT2D eigenvalue weighted by Gasteiger charge is 2.42. The quantitative estimate of drug-likeness (QED) is 0.221. The number of thiocarbonyl (C=S) groups is 1. The molecule has 2 aromatic carbocycles. The molecule has 0 bridgehead atoms. The van der Waals surface area contributed by atoms with Gasteiger partial charge in [-0.3, -0.25) is 4.98 Å². The van der Waals surface area contributed by atoms with E-state index in [-0.39, 0.29) is 12.1 Å². The third-order valence-corrected chi connectivity index (χ3v) is 9.61. The molecule has 4 atom stereocenters. The van der Waals surface area contributed by atoms with Crippen molar-refractivity contribution in [1.82, 2.24) is 14.9 Å².